The van der Waals surface area contributed by atoms with Gasteiger partial charge in [0.2, 0.25) is 5.91 Å². The lowest BCUT2D eigenvalue weighted by Crippen LogP contribution is -2.47. The van der Waals surface area contributed by atoms with Crippen molar-refractivity contribution in [1.29, 1.82) is 0 Å². The van der Waals surface area contributed by atoms with Crippen LogP contribution < -0.4 is 14.8 Å². The quantitative estimate of drug-likeness (QED) is 0.402. The van der Waals surface area contributed by atoms with Gasteiger partial charge in [-0.2, -0.15) is 0 Å². The molecule has 2 aromatic carbocycles. The SMILES string of the molecule is COc1cccc([C@H](C(=O)NC2CCCCC2)N(Cc2ccc(C)cc2)C(=O)c2ccoc2C)c1OC. The molecule has 1 fully saturated rings. The van der Waals surface area contributed by atoms with E-state index in [1.165, 1.54) is 12.7 Å². The number of amides is 2. The second-order valence-electron chi connectivity index (χ2n) is 9.64. The monoisotopic (exact) mass is 504 g/mol. The van der Waals surface area contributed by atoms with E-state index in [9.17, 15) is 9.59 Å². The first kappa shape index (κ1) is 26.3. The second-order valence-corrected chi connectivity index (χ2v) is 9.64. The van der Waals surface area contributed by atoms with Gasteiger partial charge in [-0.3, -0.25) is 9.59 Å². The van der Waals surface area contributed by atoms with Gasteiger partial charge >= 0.3 is 0 Å². The third-order valence-corrected chi connectivity index (χ3v) is 7.06. The number of aryl methyl sites for hydroxylation is 2. The predicted molar refractivity (Wildman–Crippen MR) is 142 cm³/mol. The third kappa shape index (κ3) is 5.98. The fraction of sp³-hybridized carbons (Fsp3) is 0.400. The van der Waals surface area contributed by atoms with E-state index < -0.39 is 6.04 Å². The maximum absolute atomic E-state index is 14.1. The Bertz CT molecular complexity index is 1210. The summed E-state index contributed by atoms with van der Waals surface area (Å²) in [5.74, 6) is 0.903. The number of carbonyl (C=O) groups is 2. The highest BCUT2D eigenvalue weighted by Gasteiger charge is 2.37. The molecule has 2 amide bonds. The molecule has 1 N–H and O–H groups in total. The van der Waals surface area contributed by atoms with Crippen LogP contribution in [0.4, 0.5) is 0 Å². The minimum Gasteiger partial charge on any atom is -0.493 e. The normalized spacial score (nSPS) is 14.6. The lowest BCUT2D eigenvalue weighted by atomic mass is 9.94. The smallest absolute Gasteiger partial charge is 0.258 e. The molecule has 0 radical (unpaired) electrons. The number of carbonyl (C=O) groups excluding carboxylic acids is 2. The van der Waals surface area contributed by atoms with Crippen LogP contribution in [-0.4, -0.2) is 37.0 Å². The molecule has 1 aliphatic carbocycles. The van der Waals surface area contributed by atoms with E-state index in [-0.39, 0.29) is 24.4 Å². The molecule has 4 rings (SSSR count). The summed E-state index contributed by atoms with van der Waals surface area (Å²) in [6, 6.07) is 14.2. The molecular weight excluding hydrogens is 468 g/mol. The van der Waals surface area contributed by atoms with Crippen LogP contribution in [-0.2, 0) is 11.3 Å². The first-order valence-corrected chi connectivity index (χ1v) is 12.8. The van der Waals surface area contributed by atoms with Gasteiger partial charge in [-0.25, -0.2) is 0 Å². The Morgan fingerprint density at radius 2 is 1.73 bits per heavy atom. The van der Waals surface area contributed by atoms with E-state index in [0.717, 1.165) is 36.8 Å². The largest absolute Gasteiger partial charge is 0.493 e. The van der Waals surface area contributed by atoms with Crippen LogP contribution in [0.3, 0.4) is 0 Å². The maximum Gasteiger partial charge on any atom is 0.258 e. The van der Waals surface area contributed by atoms with E-state index >= 15 is 0 Å². The maximum atomic E-state index is 14.1. The molecule has 1 saturated carbocycles. The van der Waals surface area contributed by atoms with E-state index in [4.69, 9.17) is 13.9 Å². The fourth-order valence-electron chi connectivity index (χ4n) is 5.04. The molecule has 37 heavy (non-hydrogen) atoms. The molecule has 1 aromatic heterocycles. The van der Waals surface area contributed by atoms with Crippen molar-refractivity contribution in [2.24, 2.45) is 0 Å². The van der Waals surface area contributed by atoms with Crippen molar-refractivity contribution >= 4 is 11.8 Å². The molecule has 196 valence electrons. The van der Waals surface area contributed by atoms with E-state index in [0.29, 0.717) is 28.4 Å². The van der Waals surface area contributed by atoms with Crippen molar-refractivity contribution in [3.63, 3.8) is 0 Å². The average molecular weight is 505 g/mol. The molecule has 0 saturated heterocycles. The number of nitrogens with zero attached hydrogens (tertiary/aromatic N) is 1. The first-order chi connectivity index (χ1) is 17.9. The highest BCUT2D eigenvalue weighted by molar-refractivity contribution is 5.99. The minimum atomic E-state index is -0.949. The number of rotatable bonds is 9. The Labute approximate surface area is 218 Å². The Morgan fingerprint density at radius 3 is 2.35 bits per heavy atom. The van der Waals surface area contributed by atoms with Crippen molar-refractivity contribution in [3.05, 3.63) is 82.8 Å². The van der Waals surface area contributed by atoms with Gasteiger partial charge in [0.15, 0.2) is 11.5 Å². The molecule has 7 heteroatoms. The first-order valence-electron chi connectivity index (χ1n) is 12.8. The molecule has 0 spiro atoms. The van der Waals surface area contributed by atoms with Crippen molar-refractivity contribution in [3.8, 4) is 11.5 Å². The Hall–Kier alpha value is -3.74. The van der Waals surface area contributed by atoms with Gasteiger partial charge in [0.25, 0.3) is 5.91 Å². The van der Waals surface area contributed by atoms with Gasteiger partial charge in [0, 0.05) is 18.2 Å². The topological polar surface area (TPSA) is 81.0 Å². The molecule has 1 heterocycles. The fourth-order valence-corrected chi connectivity index (χ4v) is 5.04. The lowest BCUT2D eigenvalue weighted by molar-refractivity contribution is -0.127. The lowest BCUT2D eigenvalue weighted by Gasteiger charge is -2.34. The molecule has 0 aliphatic heterocycles. The second kappa shape index (κ2) is 12.0. The molecule has 3 aromatic rings. The standard InChI is InChI=1S/C30H36N2O5/c1-20-13-15-22(16-14-20)19-32(30(34)24-17-18-37-21(24)2)27(29(33)31-23-9-6-5-7-10-23)25-11-8-12-26(35-3)28(25)36-4/h8,11-18,23,27H,5-7,9-10,19H2,1-4H3,(H,31,33)/t27-/m1/s1. The van der Waals surface area contributed by atoms with Crippen molar-refractivity contribution in [2.75, 3.05) is 14.2 Å². The zero-order valence-corrected chi connectivity index (χ0v) is 22.1. The summed E-state index contributed by atoms with van der Waals surface area (Å²) in [6.45, 7) is 4.00. The number of hydrogen-bond acceptors (Lipinski definition) is 5. The van der Waals surface area contributed by atoms with Crippen LogP contribution >= 0.6 is 0 Å². The van der Waals surface area contributed by atoms with Crippen LogP contribution in [0.2, 0.25) is 0 Å². The third-order valence-electron chi connectivity index (χ3n) is 7.06. The van der Waals surface area contributed by atoms with Gasteiger partial charge in [0.05, 0.1) is 26.0 Å². The summed E-state index contributed by atoms with van der Waals surface area (Å²) in [5.41, 5.74) is 3.02. The Balaban J connectivity index is 1.83. The number of nitrogens with one attached hydrogen (secondary N) is 1. The average Bonchev–Trinajstić information content (AvgIpc) is 3.35. The molecular formula is C30H36N2O5. The van der Waals surface area contributed by atoms with E-state index in [1.54, 1.807) is 38.2 Å². The highest BCUT2D eigenvalue weighted by Crippen LogP contribution is 2.39. The van der Waals surface area contributed by atoms with Gasteiger partial charge in [-0.1, -0.05) is 61.2 Å². The summed E-state index contributed by atoms with van der Waals surface area (Å²) in [5, 5.41) is 3.24. The van der Waals surface area contributed by atoms with E-state index in [2.05, 4.69) is 5.32 Å². The summed E-state index contributed by atoms with van der Waals surface area (Å²) < 4.78 is 16.7. The predicted octanol–water partition coefficient (Wildman–Crippen LogP) is 5.75. The van der Waals surface area contributed by atoms with Gasteiger partial charge in [-0.15, -0.1) is 0 Å². The highest BCUT2D eigenvalue weighted by atomic mass is 16.5. The Kier molecular flexibility index (Phi) is 8.54. The molecule has 1 atom stereocenters. The summed E-state index contributed by atoms with van der Waals surface area (Å²) in [7, 11) is 3.10. The van der Waals surface area contributed by atoms with Crippen molar-refractivity contribution in [1.82, 2.24) is 10.2 Å². The van der Waals surface area contributed by atoms with Gasteiger partial charge < -0.3 is 24.1 Å². The van der Waals surface area contributed by atoms with Crippen LogP contribution in [0, 0.1) is 13.8 Å². The number of hydrogen-bond donors (Lipinski definition) is 1. The number of benzene rings is 2. The van der Waals surface area contributed by atoms with Gasteiger partial charge in [-0.05, 0) is 44.4 Å². The Morgan fingerprint density at radius 1 is 1.00 bits per heavy atom. The number of methoxy groups -OCH3 is 2. The van der Waals surface area contributed by atoms with Crippen molar-refractivity contribution in [2.45, 2.75) is 64.6 Å². The minimum absolute atomic E-state index is 0.0762. The zero-order valence-electron chi connectivity index (χ0n) is 22.1. The van der Waals surface area contributed by atoms with Crippen LogP contribution in [0.5, 0.6) is 11.5 Å². The van der Waals surface area contributed by atoms with E-state index in [1.807, 2.05) is 43.3 Å². The number of ether oxygens (including phenoxy) is 2. The summed E-state index contributed by atoms with van der Waals surface area (Å²) in [6.07, 6.45) is 6.70. The van der Waals surface area contributed by atoms with Crippen LogP contribution in [0.25, 0.3) is 0 Å². The van der Waals surface area contributed by atoms with Gasteiger partial charge in [0.1, 0.15) is 11.8 Å². The molecule has 0 unspecified atom stereocenters. The number of para-hydroxylation sites is 1. The molecule has 7 nitrogen and oxygen atoms in total. The zero-order chi connectivity index (χ0) is 26.4. The molecule has 0 bridgehead atoms. The number of furan rings is 1. The van der Waals surface area contributed by atoms with Crippen molar-refractivity contribution < 1.29 is 23.5 Å². The van der Waals surface area contributed by atoms with Crippen LogP contribution in [0.15, 0.2) is 59.2 Å². The molecule has 1 aliphatic rings. The van der Waals surface area contributed by atoms with Crippen LogP contribution in [0.1, 0.15) is 71.0 Å². The summed E-state index contributed by atoms with van der Waals surface area (Å²) >= 11 is 0. The summed E-state index contributed by atoms with van der Waals surface area (Å²) in [4.78, 5) is 29.8.